The second-order valence-electron chi connectivity index (χ2n) is 6.35. The van der Waals surface area contributed by atoms with Crippen molar-refractivity contribution in [3.05, 3.63) is 0 Å². The fourth-order valence-electron chi connectivity index (χ4n) is 3.82. The number of nitrogens with two attached hydrogens (primary N) is 1. The van der Waals surface area contributed by atoms with Crippen LogP contribution >= 0.6 is 0 Å². The van der Waals surface area contributed by atoms with Gasteiger partial charge in [0.2, 0.25) is 5.91 Å². The maximum atomic E-state index is 11.0. The summed E-state index contributed by atoms with van der Waals surface area (Å²) in [6.07, 6.45) is 9.66. The number of amides is 1. The van der Waals surface area contributed by atoms with Crippen molar-refractivity contribution in [1.29, 1.82) is 0 Å². The van der Waals surface area contributed by atoms with Crippen molar-refractivity contribution in [1.82, 2.24) is 10.6 Å². The molecular weight excluding hydrogens is 238 g/mol. The molecule has 2 fully saturated rings. The summed E-state index contributed by atoms with van der Waals surface area (Å²) in [6, 6.07) is 1.43. The molecule has 1 amide bonds. The topological polar surface area (TPSA) is 67.2 Å². The lowest BCUT2D eigenvalue weighted by Crippen LogP contribution is -2.52. The smallest absolute Gasteiger partial charge is 0.218 e. The molecule has 110 valence electrons. The van der Waals surface area contributed by atoms with Crippen molar-refractivity contribution in [2.24, 2.45) is 11.7 Å². The number of piperidine rings is 1. The van der Waals surface area contributed by atoms with Crippen LogP contribution in [0.4, 0.5) is 0 Å². The Balaban J connectivity index is 1.89. The molecule has 1 saturated carbocycles. The first-order valence-corrected chi connectivity index (χ1v) is 7.94. The minimum Gasteiger partial charge on any atom is -0.370 e. The van der Waals surface area contributed by atoms with Gasteiger partial charge in [-0.1, -0.05) is 19.3 Å². The molecule has 0 radical (unpaired) electrons. The fourth-order valence-corrected chi connectivity index (χ4v) is 3.82. The van der Waals surface area contributed by atoms with Gasteiger partial charge in [-0.15, -0.1) is 0 Å². The van der Waals surface area contributed by atoms with Crippen LogP contribution in [0.25, 0.3) is 0 Å². The van der Waals surface area contributed by atoms with Crippen LogP contribution in [0.5, 0.6) is 0 Å². The van der Waals surface area contributed by atoms with E-state index in [0.29, 0.717) is 18.5 Å². The quantitative estimate of drug-likeness (QED) is 0.708. The number of rotatable bonds is 5. The van der Waals surface area contributed by atoms with E-state index in [9.17, 15) is 4.79 Å². The molecular formula is C15H29N3O. The fraction of sp³-hybridized carbons (Fsp3) is 0.933. The van der Waals surface area contributed by atoms with E-state index in [0.717, 1.165) is 5.92 Å². The van der Waals surface area contributed by atoms with Crippen LogP contribution in [0, 0.1) is 5.92 Å². The third-order valence-electron chi connectivity index (χ3n) is 4.69. The predicted molar refractivity (Wildman–Crippen MR) is 77.8 cm³/mol. The highest BCUT2D eigenvalue weighted by atomic mass is 16.1. The average molecular weight is 267 g/mol. The SMILES string of the molecule is CC(CC(N)=O)NC1CCCCC1C1CCCCN1. The summed E-state index contributed by atoms with van der Waals surface area (Å²) in [5, 5.41) is 7.36. The van der Waals surface area contributed by atoms with E-state index >= 15 is 0 Å². The number of hydrogen-bond donors (Lipinski definition) is 3. The highest BCUT2D eigenvalue weighted by Gasteiger charge is 2.32. The summed E-state index contributed by atoms with van der Waals surface area (Å²) in [5.41, 5.74) is 5.28. The van der Waals surface area contributed by atoms with Crippen molar-refractivity contribution < 1.29 is 4.79 Å². The van der Waals surface area contributed by atoms with Gasteiger partial charge in [-0.05, 0) is 45.1 Å². The molecule has 1 heterocycles. The van der Waals surface area contributed by atoms with Gasteiger partial charge >= 0.3 is 0 Å². The molecule has 4 heteroatoms. The van der Waals surface area contributed by atoms with E-state index in [2.05, 4.69) is 17.6 Å². The van der Waals surface area contributed by atoms with Crippen molar-refractivity contribution in [2.45, 2.75) is 76.4 Å². The molecule has 0 aromatic rings. The van der Waals surface area contributed by atoms with Crippen LogP contribution in [-0.2, 0) is 4.79 Å². The molecule has 19 heavy (non-hydrogen) atoms. The molecule has 1 aliphatic carbocycles. The highest BCUT2D eigenvalue weighted by molar-refractivity contribution is 5.74. The molecule has 2 rings (SSSR count). The lowest BCUT2D eigenvalue weighted by molar-refractivity contribution is -0.118. The zero-order valence-electron chi connectivity index (χ0n) is 12.2. The maximum Gasteiger partial charge on any atom is 0.218 e. The van der Waals surface area contributed by atoms with Crippen LogP contribution < -0.4 is 16.4 Å². The summed E-state index contributed by atoms with van der Waals surface area (Å²) < 4.78 is 0. The Morgan fingerprint density at radius 3 is 2.68 bits per heavy atom. The Morgan fingerprint density at radius 1 is 1.26 bits per heavy atom. The van der Waals surface area contributed by atoms with Crippen molar-refractivity contribution in [3.63, 3.8) is 0 Å². The monoisotopic (exact) mass is 267 g/mol. The summed E-state index contributed by atoms with van der Waals surface area (Å²) >= 11 is 0. The first kappa shape index (κ1) is 14.8. The van der Waals surface area contributed by atoms with E-state index in [4.69, 9.17) is 5.73 Å². The number of nitrogens with one attached hydrogen (secondary N) is 2. The van der Waals surface area contributed by atoms with E-state index in [1.54, 1.807) is 0 Å². The van der Waals surface area contributed by atoms with Crippen LogP contribution in [0.15, 0.2) is 0 Å². The molecule has 4 atom stereocenters. The van der Waals surface area contributed by atoms with Crippen molar-refractivity contribution >= 4 is 5.91 Å². The van der Waals surface area contributed by atoms with Crippen molar-refractivity contribution in [3.8, 4) is 0 Å². The number of carbonyl (C=O) groups excluding carboxylic acids is 1. The van der Waals surface area contributed by atoms with Crippen LogP contribution in [-0.4, -0.2) is 30.6 Å². The number of hydrogen-bond acceptors (Lipinski definition) is 3. The van der Waals surface area contributed by atoms with Gasteiger partial charge < -0.3 is 16.4 Å². The Hall–Kier alpha value is -0.610. The average Bonchev–Trinajstić information content (AvgIpc) is 2.39. The van der Waals surface area contributed by atoms with Crippen molar-refractivity contribution in [2.75, 3.05) is 6.54 Å². The summed E-state index contributed by atoms with van der Waals surface area (Å²) in [4.78, 5) is 11.0. The molecule has 0 spiro atoms. The van der Waals surface area contributed by atoms with E-state index in [1.165, 1.54) is 51.5 Å². The minimum absolute atomic E-state index is 0.201. The van der Waals surface area contributed by atoms with Crippen LogP contribution in [0.2, 0.25) is 0 Å². The van der Waals surface area contributed by atoms with Gasteiger partial charge in [0, 0.05) is 24.5 Å². The first-order chi connectivity index (χ1) is 9.16. The van der Waals surface area contributed by atoms with E-state index in [-0.39, 0.29) is 11.9 Å². The van der Waals surface area contributed by atoms with Gasteiger partial charge in [-0.3, -0.25) is 4.79 Å². The molecule has 1 saturated heterocycles. The predicted octanol–water partition coefficient (Wildman–Crippen LogP) is 1.54. The minimum atomic E-state index is -0.205. The summed E-state index contributed by atoms with van der Waals surface area (Å²) in [7, 11) is 0. The third kappa shape index (κ3) is 4.46. The van der Waals surface area contributed by atoms with Gasteiger partial charge in [-0.2, -0.15) is 0 Å². The third-order valence-corrected chi connectivity index (χ3v) is 4.69. The normalized spacial score (nSPS) is 33.8. The Kier molecular flexibility index (Phi) is 5.64. The molecule has 4 nitrogen and oxygen atoms in total. The van der Waals surface area contributed by atoms with E-state index < -0.39 is 0 Å². The Morgan fingerprint density at radius 2 is 2.00 bits per heavy atom. The maximum absolute atomic E-state index is 11.0. The molecule has 0 aromatic heterocycles. The molecule has 2 aliphatic rings. The molecule has 4 N–H and O–H groups in total. The molecule has 0 aromatic carbocycles. The zero-order chi connectivity index (χ0) is 13.7. The Labute approximate surface area is 116 Å². The summed E-state index contributed by atoms with van der Waals surface area (Å²) in [5.74, 6) is 0.521. The van der Waals surface area contributed by atoms with Gasteiger partial charge in [0.15, 0.2) is 0 Å². The van der Waals surface area contributed by atoms with Gasteiger partial charge in [0.25, 0.3) is 0 Å². The second kappa shape index (κ2) is 7.25. The van der Waals surface area contributed by atoms with Gasteiger partial charge in [0.05, 0.1) is 0 Å². The number of carbonyl (C=O) groups is 1. The largest absolute Gasteiger partial charge is 0.370 e. The number of primary amides is 1. The summed E-state index contributed by atoms with van der Waals surface area (Å²) in [6.45, 7) is 3.25. The molecule has 1 aliphatic heterocycles. The lowest BCUT2D eigenvalue weighted by Gasteiger charge is -2.41. The standard InChI is InChI=1S/C15H29N3O/c1-11(10-15(16)19)18-14-8-3-2-6-12(14)13-7-4-5-9-17-13/h11-14,17-18H,2-10H2,1H3,(H2,16,19). The van der Waals surface area contributed by atoms with Gasteiger partial charge in [-0.25, -0.2) is 0 Å². The van der Waals surface area contributed by atoms with Crippen LogP contribution in [0.1, 0.15) is 58.3 Å². The highest BCUT2D eigenvalue weighted by Crippen LogP contribution is 2.30. The zero-order valence-corrected chi connectivity index (χ0v) is 12.2. The van der Waals surface area contributed by atoms with Gasteiger partial charge in [0.1, 0.15) is 0 Å². The van der Waals surface area contributed by atoms with E-state index in [1.807, 2.05) is 0 Å². The van der Waals surface area contributed by atoms with Crippen LogP contribution in [0.3, 0.4) is 0 Å². The molecule has 0 bridgehead atoms. The first-order valence-electron chi connectivity index (χ1n) is 7.94. The molecule has 4 unspecified atom stereocenters. The second-order valence-corrected chi connectivity index (χ2v) is 6.35. The lowest BCUT2D eigenvalue weighted by atomic mass is 9.77. The Bertz CT molecular complexity index is 289.